The average molecular weight is 357 g/mol. The van der Waals surface area contributed by atoms with Crippen LogP contribution < -0.4 is 10.1 Å². The van der Waals surface area contributed by atoms with Crippen molar-refractivity contribution in [3.8, 4) is 5.75 Å². The molecule has 3 rings (SSSR count). The molecule has 0 aromatic heterocycles. The molecule has 0 bridgehead atoms. The highest BCUT2D eigenvalue weighted by Crippen LogP contribution is 2.26. The number of rotatable bonds is 6. The van der Waals surface area contributed by atoms with Crippen molar-refractivity contribution >= 4 is 17.9 Å². The van der Waals surface area contributed by atoms with Crippen LogP contribution in [0, 0.1) is 0 Å². The van der Waals surface area contributed by atoms with Gasteiger partial charge in [0, 0.05) is 45.2 Å². The molecule has 1 fully saturated rings. The van der Waals surface area contributed by atoms with Crippen molar-refractivity contribution in [1.82, 2.24) is 15.1 Å². The van der Waals surface area contributed by atoms with Gasteiger partial charge in [0.1, 0.15) is 5.75 Å². The fourth-order valence-corrected chi connectivity index (χ4v) is 3.23. The fraction of sp³-hybridized carbons (Fsp3) is 0.500. The first kappa shape index (κ1) is 18.5. The third-order valence-electron chi connectivity index (χ3n) is 4.76. The second-order valence-electron chi connectivity index (χ2n) is 6.75. The van der Waals surface area contributed by atoms with Crippen LogP contribution >= 0.6 is 0 Å². The second-order valence-corrected chi connectivity index (χ2v) is 6.75. The molecule has 0 saturated carbocycles. The highest BCUT2D eigenvalue weighted by Gasteiger charge is 2.21. The number of nitrogens with zero attached hydrogens (tertiary/aromatic N) is 2. The molecule has 1 saturated heterocycles. The summed E-state index contributed by atoms with van der Waals surface area (Å²) >= 11 is 0. The van der Waals surface area contributed by atoms with Gasteiger partial charge in [-0.25, -0.2) is 0 Å². The molecule has 140 valence electrons. The Hall–Kier alpha value is -2.34. The van der Waals surface area contributed by atoms with E-state index >= 15 is 0 Å². The molecule has 2 aliphatic heterocycles. The number of hydrogen-bond acceptors (Lipinski definition) is 4. The number of hydrogen-bond donors (Lipinski definition) is 1. The zero-order valence-electron chi connectivity index (χ0n) is 15.4. The molecule has 1 aromatic carbocycles. The maximum absolute atomic E-state index is 12.4. The number of ether oxygens (including phenoxy) is 1. The minimum atomic E-state index is 0.0248. The average Bonchev–Trinajstić information content (AvgIpc) is 3.13. The van der Waals surface area contributed by atoms with Crippen LogP contribution in [0.1, 0.15) is 24.5 Å². The molecule has 0 radical (unpaired) electrons. The highest BCUT2D eigenvalue weighted by atomic mass is 16.5. The molecule has 0 spiro atoms. The van der Waals surface area contributed by atoms with E-state index in [0.29, 0.717) is 19.6 Å². The summed E-state index contributed by atoms with van der Waals surface area (Å²) in [7, 11) is 0. The lowest BCUT2D eigenvalue weighted by atomic mass is 10.1. The third kappa shape index (κ3) is 4.85. The van der Waals surface area contributed by atoms with Crippen molar-refractivity contribution in [2.45, 2.75) is 19.8 Å². The fourth-order valence-electron chi connectivity index (χ4n) is 3.23. The highest BCUT2D eigenvalue weighted by molar-refractivity contribution is 5.92. The number of benzene rings is 1. The summed E-state index contributed by atoms with van der Waals surface area (Å²) in [6.45, 7) is 6.68. The molecule has 0 aliphatic carbocycles. The second kappa shape index (κ2) is 8.85. The lowest BCUT2D eigenvalue weighted by molar-refractivity contribution is -0.128. The Kier molecular flexibility index (Phi) is 6.28. The van der Waals surface area contributed by atoms with Gasteiger partial charge in [0.25, 0.3) is 0 Å². The Bertz CT molecular complexity index is 679. The van der Waals surface area contributed by atoms with Gasteiger partial charge >= 0.3 is 0 Å². The van der Waals surface area contributed by atoms with Gasteiger partial charge in [-0.3, -0.25) is 14.5 Å². The van der Waals surface area contributed by atoms with Crippen molar-refractivity contribution in [2.24, 2.45) is 0 Å². The number of carbonyl (C=O) groups is 2. The van der Waals surface area contributed by atoms with Gasteiger partial charge in [-0.05, 0) is 35.8 Å². The molecule has 6 heteroatoms. The van der Waals surface area contributed by atoms with E-state index in [0.717, 1.165) is 50.4 Å². The molecule has 0 unspecified atom stereocenters. The SMILES string of the molecule is CCCNC(=O)CN1CCN(C(=O)/C=C/c2ccc3c(c2)CCO3)CC1. The smallest absolute Gasteiger partial charge is 0.246 e. The van der Waals surface area contributed by atoms with Crippen molar-refractivity contribution in [3.05, 3.63) is 35.4 Å². The van der Waals surface area contributed by atoms with Crippen LogP contribution in [0.15, 0.2) is 24.3 Å². The van der Waals surface area contributed by atoms with Crippen LogP contribution in [0.5, 0.6) is 5.75 Å². The predicted octanol–water partition coefficient (Wildman–Crippen LogP) is 1.31. The Morgan fingerprint density at radius 2 is 2.04 bits per heavy atom. The molecule has 0 atom stereocenters. The number of piperazine rings is 1. The summed E-state index contributed by atoms with van der Waals surface area (Å²) in [6, 6.07) is 6.02. The van der Waals surface area contributed by atoms with Crippen LogP contribution in [0.2, 0.25) is 0 Å². The lowest BCUT2D eigenvalue weighted by Crippen LogP contribution is -2.50. The maximum Gasteiger partial charge on any atom is 0.246 e. The van der Waals surface area contributed by atoms with Crippen LogP contribution in [-0.4, -0.2) is 67.5 Å². The van der Waals surface area contributed by atoms with Gasteiger partial charge in [0.05, 0.1) is 13.2 Å². The summed E-state index contributed by atoms with van der Waals surface area (Å²) in [6.07, 6.45) is 5.38. The first-order valence-corrected chi connectivity index (χ1v) is 9.37. The normalized spacial score (nSPS) is 17.2. The lowest BCUT2D eigenvalue weighted by Gasteiger charge is -2.33. The topological polar surface area (TPSA) is 61.9 Å². The minimum absolute atomic E-state index is 0.0248. The summed E-state index contributed by atoms with van der Waals surface area (Å²) in [5.41, 5.74) is 2.23. The van der Waals surface area contributed by atoms with Crippen LogP contribution in [0.25, 0.3) is 6.08 Å². The van der Waals surface area contributed by atoms with E-state index < -0.39 is 0 Å². The predicted molar refractivity (Wildman–Crippen MR) is 101 cm³/mol. The van der Waals surface area contributed by atoms with Gasteiger partial charge in [-0.2, -0.15) is 0 Å². The van der Waals surface area contributed by atoms with Gasteiger partial charge in [0.15, 0.2) is 0 Å². The molecule has 2 amide bonds. The summed E-state index contributed by atoms with van der Waals surface area (Å²) in [4.78, 5) is 28.1. The van der Waals surface area contributed by atoms with E-state index in [2.05, 4.69) is 16.3 Å². The van der Waals surface area contributed by atoms with Crippen LogP contribution in [0.3, 0.4) is 0 Å². The van der Waals surface area contributed by atoms with E-state index in [-0.39, 0.29) is 11.8 Å². The van der Waals surface area contributed by atoms with Crippen LogP contribution in [0.4, 0.5) is 0 Å². The molecule has 1 aromatic rings. The summed E-state index contributed by atoms with van der Waals surface area (Å²) in [5.74, 6) is 1.04. The van der Waals surface area contributed by atoms with Gasteiger partial charge in [0.2, 0.25) is 11.8 Å². The molecule has 2 aliphatic rings. The quantitative estimate of drug-likeness (QED) is 0.780. The third-order valence-corrected chi connectivity index (χ3v) is 4.76. The Morgan fingerprint density at radius 3 is 2.81 bits per heavy atom. The zero-order chi connectivity index (χ0) is 18.4. The van der Waals surface area contributed by atoms with Crippen molar-refractivity contribution in [2.75, 3.05) is 45.9 Å². The largest absolute Gasteiger partial charge is 0.493 e. The number of carbonyl (C=O) groups excluding carboxylic acids is 2. The van der Waals surface area contributed by atoms with E-state index in [9.17, 15) is 9.59 Å². The molecule has 6 nitrogen and oxygen atoms in total. The summed E-state index contributed by atoms with van der Waals surface area (Å²) in [5, 5.41) is 2.89. The van der Waals surface area contributed by atoms with Crippen molar-refractivity contribution < 1.29 is 14.3 Å². The molecular weight excluding hydrogens is 330 g/mol. The Morgan fingerprint density at radius 1 is 1.23 bits per heavy atom. The Labute approximate surface area is 154 Å². The standard InChI is InChI=1S/C20H27N3O3/c1-2-8-21-19(24)15-22-9-11-23(12-10-22)20(25)6-4-16-3-5-18-17(14-16)7-13-26-18/h3-6,14H,2,7-13,15H2,1H3,(H,21,24)/b6-4+. The van der Waals surface area contributed by atoms with E-state index in [1.54, 1.807) is 6.08 Å². The molecule has 2 heterocycles. The maximum atomic E-state index is 12.4. The van der Waals surface area contributed by atoms with E-state index in [4.69, 9.17) is 4.74 Å². The number of nitrogens with one attached hydrogen (secondary N) is 1. The zero-order valence-corrected chi connectivity index (χ0v) is 15.4. The monoisotopic (exact) mass is 357 g/mol. The van der Waals surface area contributed by atoms with Crippen molar-refractivity contribution in [3.63, 3.8) is 0 Å². The molecular formula is C20H27N3O3. The Balaban J connectivity index is 1.45. The van der Waals surface area contributed by atoms with Gasteiger partial charge < -0.3 is 15.0 Å². The number of fused-ring (bicyclic) bond motifs is 1. The molecule has 1 N–H and O–H groups in total. The minimum Gasteiger partial charge on any atom is -0.493 e. The summed E-state index contributed by atoms with van der Waals surface area (Å²) < 4.78 is 5.50. The van der Waals surface area contributed by atoms with Gasteiger partial charge in [-0.15, -0.1) is 0 Å². The molecule has 26 heavy (non-hydrogen) atoms. The first-order valence-electron chi connectivity index (χ1n) is 9.37. The first-order chi connectivity index (χ1) is 12.7. The van der Waals surface area contributed by atoms with Crippen molar-refractivity contribution in [1.29, 1.82) is 0 Å². The number of amides is 2. The van der Waals surface area contributed by atoms with E-state index in [1.807, 2.05) is 30.0 Å². The van der Waals surface area contributed by atoms with E-state index in [1.165, 1.54) is 5.56 Å². The van der Waals surface area contributed by atoms with Gasteiger partial charge in [-0.1, -0.05) is 13.0 Å². The van der Waals surface area contributed by atoms with Crippen LogP contribution in [-0.2, 0) is 16.0 Å².